The molecule has 9 heteroatoms. The third kappa shape index (κ3) is 6.55. The van der Waals surface area contributed by atoms with Crippen molar-refractivity contribution in [1.29, 1.82) is 0 Å². The van der Waals surface area contributed by atoms with E-state index in [2.05, 4.69) is 64.5 Å². The first-order valence-electron chi connectivity index (χ1n) is 14.4. The summed E-state index contributed by atoms with van der Waals surface area (Å²) in [5.74, 6) is 7.28. The zero-order valence-corrected chi connectivity index (χ0v) is 24.5. The first-order valence-corrected chi connectivity index (χ1v) is 14.4. The van der Waals surface area contributed by atoms with Crippen LogP contribution in [0.4, 0.5) is 11.5 Å². The average molecular weight is 565 g/mol. The fraction of sp³-hybridized carbons (Fsp3) is 0.333. The van der Waals surface area contributed by atoms with Gasteiger partial charge in [0, 0.05) is 49.1 Å². The maximum absolute atomic E-state index is 13.1. The molecular weight excluding hydrogens is 528 g/mol. The Kier molecular flexibility index (Phi) is 8.72. The number of carbonyl (C=O) groups is 2. The van der Waals surface area contributed by atoms with Crippen LogP contribution >= 0.6 is 0 Å². The van der Waals surface area contributed by atoms with Gasteiger partial charge in [0.2, 0.25) is 0 Å². The van der Waals surface area contributed by atoms with Crippen molar-refractivity contribution >= 4 is 34.4 Å². The number of anilines is 2. The van der Waals surface area contributed by atoms with Gasteiger partial charge in [-0.15, -0.1) is 0 Å². The number of rotatable bonds is 7. The molecule has 1 fully saturated rings. The van der Waals surface area contributed by atoms with Crippen LogP contribution in [0.15, 0.2) is 54.7 Å². The number of hydrogen-bond acceptors (Lipinski definition) is 6. The molecule has 0 aliphatic carbocycles. The summed E-state index contributed by atoms with van der Waals surface area (Å²) in [5, 5.41) is 14.6. The summed E-state index contributed by atoms with van der Waals surface area (Å²) >= 11 is 0. The summed E-state index contributed by atoms with van der Waals surface area (Å²) in [6.45, 7) is 9.53. The Labute approximate surface area is 246 Å². The normalized spacial score (nSPS) is 14.8. The van der Waals surface area contributed by atoms with Crippen LogP contribution < -0.4 is 15.4 Å². The molecule has 3 heterocycles. The van der Waals surface area contributed by atoms with Crippen molar-refractivity contribution in [2.75, 3.05) is 23.7 Å². The van der Waals surface area contributed by atoms with E-state index >= 15 is 0 Å². The van der Waals surface area contributed by atoms with Crippen LogP contribution in [0.25, 0.3) is 11.0 Å². The summed E-state index contributed by atoms with van der Waals surface area (Å²) < 4.78 is 6.28. The van der Waals surface area contributed by atoms with E-state index in [1.807, 2.05) is 19.1 Å². The molecule has 0 spiro atoms. The highest BCUT2D eigenvalue weighted by molar-refractivity contribution is 6.04. The number of benzene rings is 2. The summed E-state index contributed by atoms with van der Waals surface area (Å²) in [6.07, 6.45) is 4.06. The van der Waals surface area contributed by atoms with Crippen molar-refractivity contribution in [3.8, 4) is 23.3 Å². The molecule has 2 aromatic heterocycles. The van der Waals surface area contributed by atoms with E-state index in [4.69, 9.17) is 4.74 Å². The minimum Gasteiger partial charge on any atom is -0.456 e. The molecule has 0 bridgehead atoms. The van der Waals surface area contributed by atoms with Gasteiger partial charge in [-0.05, 0) is 73.1 Å². The molecule has 0 unspecified atom stereocenters. The molecule has 1 aliphatic heterocycles. The second-order valence-electron chi connectivity index (χ2n) is 10.8. The van der Waals surface area contributed by atoms with Crippen molar-refractivity contribution in [3.63, 3.8) is 0 Å². The molecule has 4 aromatic rings. The van der Waals surface area contributed by atoms with Crippen molar-refractivity contribution in [1.82, 2.24) is 20.1 Å². The Morgan fingerprint density at radius 3 is 2.83 bits per heavy atom. The van der Waals surface area contributed by atoms with E-state index in [0.717, 1.165) is 24.1 Å². The van der Waals surface area contributed by atoms with Crippen molar-refractivity contribution in [2.45, 2.75) is 58.9 Å². The fourth-order valence-corrected chi connectivity index (χ4v) is 5.26. The topological polar surface area (TPSA) is 112 Å². The molecule has 5 rings (SSSR count). The van der Waals surface area contributed by atoms with E-state index in [1.54, 1.807) is 41.4 Å². The Morgan fingerprint density at radius 2 is 2.05 bits per heavy atom. The molecule has 42 heavy (non-hydrogen) atoms. The van der Waals surface area contributed by atoms with Gasteiger partial charge in [0.05, 0.1) is 0 Å². The number of nitrogens with one attached hydrogen (secondary N) is 3. The number of fused-ring (bicyclic) bond motifs is 1. The van der Waals surface area contributed by atoms with Crippen LogP contribution in [-0.2, 0) is 4.79 Å². The third-order valence-corrected chi connectivity index (χ3v) is 7.32. The zero-order valence-electron chi connectivity index (χ0n) is 24.5. The standard InChI is InChI=1S/C33H36N6O3/c1-5-6-12-29(40)39-17-8-10-25(20-39)35-32-30-28(15-16-34-31(30)37-38-32)42-26-11-7-9-23(19-26)33(41)36-24-13-14-27(21(2)3)22(4)18-24/h7,9,11,13-16,18-19,21,25H,5,8,10,17,20H2,1-4H3,(H,36,41)(H2,34,35,37,38)/t25-/m1/s1. The van der Waals surface area contributed by atoms with E-state index < -0.39 is 0 Å². The molecule has 9 nitrogen and oxygen atoms in total. The molecule has 3 N–H and O–H groups in total. The van der Waals surface area contributed by atoms with Crippen LogP contribution in [0.2, 0.25) is 0 Å². The highest BCUT2D eigenvalue weighted by atomic mass is 16.5. The number of hydrogen-bond donors (Lipinski definition) is 3. The number of carbonyl (C=O) groups excluding carboxylic acids is 2. The van der Waals surface area contributed by atoms with Gasteiger partial charge in [-0.25, -0.2) is 4.98 Å². The number of amides is 2. The van der Waals surface area contributed by atoms with Crippen molar-refractivity contribution in [3.05, 3.63) is 71.4 Å². The van der Waals surface area contributed by atoms with Crippen molar-refractivity contribution in [2.24, 2.45) is 0 Å². The molecule has 216 valence electrons. The lowest BCUT2D eigenvalue weighted by atomic mass is 9.97. The third-order valence-electron chi connectivity index (χ3n) is 7.32. The Hall–Kier alpha value is -4.84. The van der Waals surface area contributed by atoms with Crippen LogP contribution in [0.5, 0.6) is 11.5 Å². The van der Waals surface area contributed by atoms with Crippen molar-refractivity contribution < 1.29 is 14.3 Å². The smallest absolute Gasteiger partial charge is 0.298 e. The largest absolute Gasteiger partial charge is 0.456 e. The summed E-state index contributed by atoms with van der Waals surface area (Å²) in [7, 11) is 0. The molecule has 0 radical (unpaired) electrons. The first kappa shape index (κ1) is 28.7. The zero-order chi connectivity index (χ0) is 29.6. The second kappa shape index (κ2) is 12.8. The molecule has 2 amide bonds. The maximum Gasteiger partial charge on any atom is 0.298 e. The predicted octanol–water partition coefficient (Wildman–Crippen LogP) is 6.25. The van der Waals surface area contributed by atoms with Gasteiger partial charge in [-0.2, -0.15) is 5.10 Å². The van der Waals surface area contributed by atoms with Crippen LogP contribution in [0.3, 0.4) is 0 Å². The lowest BCUT2D eigenvalue weighted by molar-refractivity contribution is -0.126. The SMILES string of the molecule is CCC#CC(=O)N1CCC[C@@H](Nc2n[nH]c3nccc(Oc4cccc(C(=O)Nc5ccc(C(C)C)c(C)c5)c4)c23)C1. The predicted molar refractivity (Wildman–Crippen MR) is 165 cm³/mol. The minimum absolute atomic E-state index is 0.0101. The first-order chi connectivity index (χ1) is 20.3. The number of pyridine rings is 1. The van der Waals surface area contributed by atoms with Gasteiger partial charge < -0.3 is 20.3 Å². The number of aromatic amines is 1. The number of H-pyrrole nitrogens is 1. The fourth-order valence-electron chi connectivity index (χ4n) is 5.26. The quantitative estimate of drug-likeness (QED) is 0.229. The number of nitrogens with zero attached hydrogens (tertiary/aromatic N) is 3. The van der Waals surface area contributed by atoms with Gasteiger partial charge in [0.15, 0.2) is 11.5 Å². The van der Waals surface area contributed by atoms with Gasteiger partial charge in [0.1, 0.15) is 16.9 Å². The summed E-state index contributed by atoms with van der Waals surface area (Å²) in [5.41, 5.74) is 4.20. The number of ether oxygens (including phenoxy) is 1. The van der Waals surface area contributed by atoms with E-state index in [0.29, 0.717) is 59.3 Å². The number of piperidine rings is 1. The highest BCUT2D eigenvalue weighted by Crippen LogP contribution is 2.34. The lowest BCUT2D eigenvalue weighted by Crippen LogP contribution is -2.44. The monoisotopic (exact) mass is 564 g/mol. The van der Waals surface area contributed by atoms with E-state index in [9.17, 15) is 9.59 Å². The van der Waals surface area contributed by atoms with E-state index in [1.165, 1.54) is 5.56 Å². The number of aromatic nitrogens is 3. The highest BCUT2D eigenvalue weighted by Gasteiger charge is 2.25. The van der Waals surface area contributed by atoms with Gasteiger partial charge in [0.25, 0.3) is 11.8 Å². The molecule has 2 aromatic carbocycles. The van der Waals surface area contributed by atoms with Gasteiger partial charge >= 0.3 is 0 Å². The molecule has 1 saturated heterocycles. The van der Waals surface area contributed by atoms with Crippen LogP contribution in [0, 0.1) is 18.8 Å². The number of likely N-dealkylation sites (tertiary alicyclic amines) is 1. The van der Waals surface area contributed by atoms with Gasteiger partial charge in [-0.1, -0.05) is 38.8 Å². The van der Waals surface area contributed by atoms with Crippen LogP contribution in [0.1, 0.15) is 67.4 Å². The summed E-state index contributed by atoms with van der Waals surface area (Å²) in [4.78, 5) is 31.7. The Bertz CT molecular complexity index is 1670. The Morgan fingerprint density at radius 1 is 1.19 bits per heavy atom. The molecule has 1 atom stereocenters. The summed E-state index contributed by atoms with van der Waals surface area (Å²) in [6, 6.07) is 14.8. The minimum atomic E-state index is -0.220. The van der Waals surface area contributed by atoms with Gasteiger partial charge in [-0.3, -0.25) is 14.7 Å². The second-order valence-corrected chi connectivity index (χ2v) is 10.8. The molecule has 1 aliphatic rings. The lowest BCUT2D eigenvalue weighted by Gasteiger charge is -2.32. The number of aryl methyl sites for hydroxylation is 1. The average Bonchev–Trinajstić information content (AvgIpc) is 3.39. The van der Waals surface area contributed by atoms with E-state index in [-0.39, 0.29) is 17.9 Å². The van der Waals surface area contributed by atoms with Crippen LogP contribution in [-0.4, -0.2) is 51.0 Å². The molecule has 0 saturated carbocycles. The molecular formula is C33H36N6O3. The Balaban J connectivity index is 1.32. The maximum atomic E-state index is 13.1.